The number of nitrogens with zero attached hydrogens (tertiary/aromatic N) is 2. The van der Waals surface area contributed by atoms with Crippen LogP contribution >= 0.6 is 11.3 Å². The highest BCUT2D eigenvalue weighted by atomic mass is 32.1. The number of carboxylic acid groups (broad SMARTS) is 1. The molecule has 5 heteroatoms. The maximum Gasteiger partial charge on any atom is 0.356 e. The summed E-state index contributed by atoms with van der Waals surface area (Å²) in [5.41, 5.74) is 1.80. The molecule has 0 aliphatic rings. The summed E-state index contributed by atoms with van der Waals surface area (Å²) < 4.78 is 1.86. The number of carbonyl (C=O) groups is 1. The maximum atomic E-state index is 11.3. The standard InChI is InChI=1S/C14H12N2O2S/c1-9-4-5-16-11(7-9)13(14(17)18)15-12(16)8-10-3-2-6-19-10/h2-7H,8H2,1H3,(H,17,18). The second kappa shape index (κ2) is 4.51. The lowest BCUT2D eigenvalue weighted by Gasteiger charge is -2.00. The number of imidazole rings is 1. The van der Waals surface area contributed by atoms with Crippen LogP contribution in [0.3, 0.4) is 0 Å². The molecule has 0 spiro atoms. The Hall–Kier alpha value is -2.14. The summed E-state index contributed by atoms with van der Waals surface area (Å²) in [6, 6.07) is 7.82. The van der Waals surface area contributed by atoms with Crippen LogP contribution in [0.25, 0.3) is 5.52 Å². The number of hydrogen-bond acceptors (Lipinski definition) is 3. The zero-order valence-electron chi connectivity index (χ0n) is 10.3. The fourth-order valence-electron chi connectivity index (χ4n) is 2.10. The smallest absolute Gasteiger partial charge is 0.356 e. The van der Waals surface area contributed by atoms with Crippen LogP contribution in [0.1, 0.15) is 26.8 Å². The van der Waals surface area contributed by atoms with Gasteiger partial charge in [0.1, 0.15) is 5.82 Å². The lowest BCUT2D eigenvalue weighted by atomic mass is 10.2. The Labute approximate surface area is 114 Å². The zero-order chi connectivity index (χ0) is 13.4. The number of aromatic nitrogens is 2. The number of aryl methyl sites for hydroxylation is 1. The van der Waals surface area contributed by atoms with E-state index in [1.165, 1.54) is 4.88 Å². The lowest BCUT2D eigenvalue weighted by Crippen LogP contribution is -1.97. The van der Waals surface area contributed by atoms with E-state index in [1.54, 1.807) is 11.3 Å². The van der Waals surface area contributed by atoms with Crippen molar-refractivity contribution in [3.63, 3.8) is 0 Å². The molecular weight excluding hydrogens is 260 g/mol. The van der Waals surface area contributed by atoms with E-state index in [0.29, 0.717) is 11.9 Å². The zero-order valence-corrected chi connectivity index (χ0v) is 11.1. The molecule has 0 aliphatic heterocycles. The minimum Gasteiger partial charge on any atom is -0.476 e. The highest BCUT2D eigenvalue weighted by molar-refractivity contribution is 7.09. The molecule has 0 fully saturated rings. The van der Waals surface area contributed by atoms with Crippen molar-refractivity contribution in [3.05, 3.63) is 57.8 Å². The first kappa shape index (κ1) is 11.9. The van der Waals surface area contributed by atoms with Gasteiger partial charge in [-0.2, -0.15) is 0 Å². The number of thiophene rings is 1. The summed E-state index contributed by atoms with van der Waals surface area (Å²) in [7, 11) is 0. The van der Waals surface area contributed by atoms with Crippen molar-refractivity contribution in [1.29, 1.82) is 0 Å². The van der Waals surface area contributed by atoms with Crippen LogP contribution in [0, 0.1) is 6.92 Å². The topological polar surface area (TPSA) is 54.6 Å². The molecule has 3 rings (SSSR count). The third-order valence-electron chi connectivity index (χ3n) is 2.99. The number of hydrogen-bond donors (Lipinski definition) is 1. The Morgan fingerprint density at radius 2 is 2.32 bits per heavy atom. The first-order chi connectivity index (χ1) is 9.15. The molecule has 96 valence electrons. The molecule has 0 aromatic carbocycles. The van der Waals surface area contributed by atoms with Gasteiger partial charge in [0, 0.05) is 17.5 Å². The number of pyridine rings is 1. The van der Waals surface area contributed by atoms with Gasteiger partial charge in [0.05, 0.1) is 5.52 Å². The predicted molar refractivity (Wildman–Crippen MR) is 74.0 cm³/mol. The Morgan fingerprint density at radius 1 is 1.47 bits per heavy atom. The highest BCUT2D eigenvalue weighted by Crippen LogP contribution is 2.19. The molecule has 0 radical (unpaired) electrons. The number of aromatic carboxylic acids is 1. The van der Waals surface area contributed by atoms with E-state index >= 15 is 0 Å². The second-order valence-electron chi connectivity index (χ2n) is 4.40. The largest absolute Gasteiger partial charge is 0.476 e. The number of rotatable bonds is 3. The molecule has 19 heavy (non-hydrogen) atoms. The lowest BCUT2D eigenvalue weighted by molar-refractivity contribution is 0.0693. The predicted octanol–water partition coefficient (Wildman–Crippen LogP) is 2.99. The quantitative estimate of drug-likeness (QED) is 0.797. The third-order valence-corrected chi connectivity index (χ3v) is 3.86. The number of carboxylic acids is 1. The van der Waals surface area contributed by atoms with E-state index in [1.807, 2.05) is 47.2 Å². The molecular formula is C14H12N2O2S. The molecule has 3 aromatic heterocycles. The molecule has 4 nitrogen and oxygen atoms in total. The fraction of sp³-hybridized carbons (Fsp3) is 0.143. The molecule has 1 N–H and O–H groups in total. The van der Waals surface area contributed by atoms with E-state index in [9.17, 15) is 9.90 Å². The molecule has 3 aromatic rings. The monoisotopic (exact) mass is 272 g/mol. The van der Waals surface area contributed by atoms with E-state index in [2.05, 4.69) is 4.98 Å². The number of fused-ring (bicyclic) bond motifs is 1. The van der Waals surface area contributed by atoms with Crippen LogP contribution < -0.4 is 0 Å². The van der Waals surface area contributed by atoms with Crippen LogP contribution in [-0.2, 0) is 6.42 Å². The summed E-state index contributed by atoms with van der Waals surface area (Å²) in [6.45, 7) is 1.94. The van der Waals surface area contributed by atoms with Crippen LogP contribution in [-0.4, -0.2) is 20.5 Å². The Kier molecular flexibility index (Phi) is 2.83. The van der Waals surface area contributed by atoms with Crippen LogP contribution in [0.2, 0.25) is 0 Å². The first-order valence-electron chi connectivity index (χ1n) is 5.88. The summed E-state index contributed by atoms with van der Waals surface area (Å²) in [6.07, 6.45) is 2.53. The van der Waals surface area contributed by atoms with E-state index in [0.717, 1.165) is 11.4 Å². The van der Waals surface area contributed by atoms with Crippen molar-refractivity contribution < 1.29 is 9.90 Å². The molecule has 0 saturated heterocycles. The van der Waals surface area contributed by atoms with Gasteiger partial charge in [0.2, 0.25) is 0 Å². The van der Waals surface area contributed by atoms with E-state index in [4.69, 9.17) is 0 Å². The van der Waals surface area contributed by atoms with Crippen molar-refractivity contribution in [2.45, 2.75) is 13.3 Å². The summed E-state index contributed by atoms with van der Waals surface area (Å²) >= 11 is 1.65. The summed E-state index contributed by atoms with van der Waals surface area (Å²) in [5.74, 6) is -0.227. The van der Waals surface area contributed by atoms with Gasteiger partial charge in [-0.3, -0.25) is 0 Å². The summed E-state index contributed by atoms with van der Waals surface area (Å²) in [5, 5.41) is 11.2. The highest BCUT2D eigenvalue weighted by Gasteiger charge is 2.16. The molecule has 0 saturated carbocycles. The third kappa shape index (κ3) is 2.13. The van der Waals surface area contributed by atoms with Gasteiger partial charge in [0.15, 0.2) is 5.69 Å². The molecule has 3 heterocycles. The van der Waals surface area contributed by atoms with Gasteiger partial charge in [-0.15, -0.1) is 11.3 Å². The van der Waals surface area contributed by atoms with Gasteiger partial charge in [-0.05, 0) is 36.1 Å². The average molecular weight is 272 g/mol. The van der Waals surface area contributed by atoms with E-state index in [-0.39, 0.29) is 5.69 Å². The van der Waals surface area contributed by atoms with Gasteiger partial charge < -0.3 is 9.51 Å². The molecule has 0 atom stereocenters. The van der Waals surface area contributed by atoms with Gasteiger partial charge in [-0.25, -0.2) is 9.78 Å². The van der Waals surface area contributed by atoms with Crippen LogP contribution in [0.4, 0.5) is 0 Å². The van der Waals surface area contributed by atoms with Crippen molar-refractivity contribution in [2.24, 2.45) is 0 Å². The van der Waals surface area contributed by atoms with Gasteiger partial charge >= 0.3 is 5.97 Å². The van der Waals surface area contributed by atoms with Crippen molar-refractivity contribution in [1.82, 2.24) is 9.38 Å². The van der Waals surface area contributed by atoms with Crippen LogP contribution in [0.5, 0.6) is 0 Å². The fourth-order valence-corrected chi connectivity index (χ4v) is 2.81. The molecule has 0 aliphatic carbocycles. The van der Waals surface area contributed by atoms with E-state index < -0.39 is 5.97 Å². The van der Waals surface area contributed by atoms with Gasteiger partial charge in [0.25, 0.3) is 0 Å². The average Bonchev–Trinajstić information content (AvgIpc) is 2.97. The molecule has 0 unspecified atom stereocenters. The van der Waals surface area contributed by atoms with Crippen molar-refractivity contribution >= 4 is 22.8 Å². The maximum absolute atomic E-state index is 11.3. The summed E-state index contributed by atoms with van der Waals surface area (Å²) in [4.78, 5) is 16.7. The Balaban J connectivity index is 2.17. The molecule has 0 bridgehead atoms. The first-order valence-corrected chi connectivity index (χ1v) is 6.76. The normalized spacial score (nSPS) is 11.0. The minimum atomic E-state index is -0.986. The Morgan fingerprint density at radius 3 is 3.00 bits per heavy atom. The van der Waals surface area contributed by atoms with Crippen molar-refractivity contribution in [3.8, 4) is 0 Å². The van der Waals surface area contributed by atoms with Crippen molar-refractivity contribution in [2.75, 3.05) is 0 Å². The molecule has 0 amide bonds. The minimum absolute atomic E-state index is 0.121. The van der Waals surface area contributed by atoms with Gasteiger partial charge in [-0.1, -0.05) is 6.07 Å². The second-order valence-corrected chi connectivity index (χ2v) is 5.43. The van der Waals surface area contributed by atoms with Crippen LogP contribution in [0.15, 0.2) is 35.8 Å². The SMILES string of the molecule is Cc1ccn2c(Cc3cccs3)nc(C(=O)O)c2c1. The Bertz CT molecular complexity index is 744.